The largest absolute Gasteiger partial charge is 0.351 e. The van der Waals surface area contributed by atoms with Crippen molar-refractivity contribution in [1.29, 1.82) is 0 Å². The van der Waals surface area contributed by atoms with Crippen LogP contribution in [0.15, 0.2) is 30.3 Å². The molecule has 1 fully saturated rings. The highest BCUT2D eigenvalue weighted by atomic mass is 16.1. The summed E-state index contributed by atoms with van der Waals surface area (Å²) in [6.45, 7) is 12.4. The minimum absolute atomic E-state index is 0.0202. The van der Waals surface area contributed by atoms with Crippen LogP contribution >= 0.6 is 0 Å². The summed E-state index contributed by atoms with van der Waals surface area (Å²) < 4.78 is 2.13. The molecular formula is C24H33N5O. The number of para-hydroxylation sites is 1. The van der Waals surface area contributed by atoms with E-state index in [1.165, 1.54) is 17.7 Å². The first-order valence-corrected chi connectivity index (χ1v) is 11.0. The van der Waals surface area contributed by atoms with Crippen molar-refractivity contribution in [1.82, 2.24) is 25.0 Å². The van der Waals surface area contributed by atoms with E-state index in [4.69, 9.17) is 5.10 Å². The van der Waals surface area contributed by atoms with Crippen molar-refractivity contribution in [3.8, 4) is 0 Å². The van der Waals surface area contributed by atoms with Crippen molar-refractivity contribution in [2.24, 2.45) is 5.92 Å². The maximum atomic E-state index is 12.6. The zero-order valence-corrected chi connectivity index (χ0v) is 18.5. The number of benzene rings is 1. The SMILES string of the molecule is Cc1nn(C(C)C)c(C)c1CN1CCCC(CNC(=O)c2cc3ccccc3[nH]2)C1. The van der Waals surface area contributed by atoms with Crippen LogP contribution in [0.2, 0.25) is 0 Å². The molecule has 0 saturated carbocycles. The molecule has 1 unspecified atom stereocenters. The highest BCUT2D eigenvalue weighted by molar-refractivity contribution is 5.97. The molecule has 1 aliphatic heterocycles. The molecule has 1 amide bonds. The van der Waals surface area contributed by atoms with Crippen LogP contribution in [0.4, 0.5) is 0 Å². The van der Waals surface area contributed by atoms with Crippen LogP contribution in [0.1, 0.15) is 60.2 Å². The maximum Gasteiger partial charge on any atom is 0.267 e. The molecule has 2 aromatic heterocycles. The van der Waals surface area contributed by atoms with E-state index in [2.05, 4.69) is 47.6 Å². The number of hydrogen-bond acceptors (Lipinski definition) is 3. The van der Waals surface area contributed by atoms with Crippen molar-refractivity contribution in [2.75, 3.05) is 19.6 Å². The summed E-state index contributed by atoms with van der Waals surface area (Å²) in [4.78, 5) is 18.4. The Morgan fingerprint density at radius 2 is 2.10 bits per heavy atom. The van der Waals surface area contributed by atoms with Crippen LogP contribution in [-0.2, 0) is 6.54 Å². The van der Waals surface area contributed by atoms with Crippen LogP contribution in [-0.4, -0.2) is 45.2 Å². The minimum atomic E-state index is -0.0202. The number of likely N-dealkylation sites (tertiary alicyclic amines) is 1. The minimum Gasteiger partial charge on any atom is -0.351 e. The number of fused-ring (bicyclic) bond motifs is 1. The second-order valence-electron chi connectivity index (χ2n) is 8.91. The van der Waals surface area contributed by atoms with Crippen molar-refractivity contribution < 1.29 is 4.79 Å². The van der Waals surface area contributed by atoms with E-state index < -0.39 is 0 Å². The molecule has 1 aliphatic rings. The highest BCUT2D eigenvalue weighted by Crippen LogP contribution is 2.23. The lowest BCUT2D eigenvalue weighted by molar-refractivity contribution is 0.0926. The van der Waals surface area contributed by atoms with E-state index in [1.54, 1.807) is 0 Å². The Morgan fingerprint density at radius 1 is 1.30 bits per heavy atom. The summed E-state index contributed by atoms with van der Waals surface area (Å²) in [6.07, 6.45) is 2.33. The van der Waals surface area contributed by atoms with Crippen molar-refractivity contribution in [3.05, 3.63) is 53.0 Å². The fraction of sp³-hybridized carbons (Fsp3) is 0.500. The second kappa shape index (κ2) is 8.64. The van der Waals surface area contributed by atoms with Gasteiger partial charge < -0.3 is 10.3 Å². The molecule has 6 nitrogen and oxygen atoms in total. The molecule has 3 heterocycles. The third-order valence-electron chi connectivity index (χ3n) is 6.27. The number of carbonyl (C=O) groups excluding carboxylic acids is 1. The fourth-order valence-corrected chi connectivity index (χ4v) is 4.64. The van der Waals surface area contributed by atoms with Gasteiger partial charge in [0.2, 0.25) is 0 Å². The number of rotatable bonds is 6. The molecule has 0 bridgehead atoms. The van der Waals surface area contributed by atoms with Crippen LogP contribution in [0.3, 0.4) is 0 Å². The topological polar surface area (TPSA) is 66.0 Å². The quantitative estimate of drug-likeness (QED) is 0.643. The number of nitrogens with zero attached hydrogens (tertiary/aromatic N) is 3. The van der Waals surface area contributed by atoms with Crippen molar-refractivity contribution >= 4 is 16.8 Å². The average molecular weight is 408 g/mol. The molecule has 6 heteroatoms. The number of amides is 1. The zero-order valence-electron chi connectivity index (χ0n) is 18.5. The Labute approximate surface area is 178 Å². The molecule has 30 heavy (non-hydrogen) atoms. The van der Waals surface area contributed by atoms with Gasteiger partial charge in [-0.1, -0.05) is 18.2 Å². The van der Waals surface area contributed by atoms with Gasteiger partial charge in [-0.05, 0) is 65.1 Å². The lowest BCUT2D eigenvalue weighted by Gasteiger charge is -2.33. The Bertz CT molecular complexity index is 999. The summed E-state index contributed by atoms with van der Waals surface area (Å²) in [6, 6.07) is 10.3. The van der Waals surface area contributed by atoms with Gasteiger partial charge >= 0.3 is 0 Å². The third-order valence-corrected chi connectivity index (χ3v) is 6.27. The number of aryl methyl sites for hydroxylation is 1. The van der Waals surface area contributed by atoms with E-state index in [0.29, 0.717) is 24.2 Å². The number of aromatic amines is 1. The highest BCUT2D eigenvalue weighted by Gasteiger charge is 2.23. The molecular weight excluding hydrogens is 374 g/mol. The van der Waals surface area contributed by atoms with Gasteiger partial charge in [-0.3, -0.25) is 14.4 Å². The fourth-order valence-electron chi connectivity index (χ4n) is 4.64. The number of nitrogens with one attached hydrogen (secondary N) is 2. The number of piperidine rings is 1. The van der Waals surface area contributed by atoms with Gasteiger partial charge in [-0.15, -0.1) is 0 Å². The van der Waals surface area contributed by atoms with Crippen LogP contribution in [0.25, 0.3) is 10.9 Å². The zero-order chi connectivity index (χ0) is 21.3. The first-order valence-electron chi connectivity index (χ1n) is 11.0. The molecule has 2 N–H and O–H groups in total. The molecule has 0 radical (unpaired) electrons. The van der Waals surface area contributed by atoms with Crippen LogP contribution in [0, 0.1) is 19.8 Å². The van der Waals surface area contributed by atoms with Gasteiger partial charge in [-0.2, -0.15) is 5.10 Å². The van der Waals surface area contributed by atoms with E-state index in [9.17, 15) is 4.79 Å². The predicted molar refractivity (Wildman–Crippen MR) is 121 cm³/mol. The Balaban J connectivity index is 1.34. The smallest absolute Gasteiger partial charge is 0.267 e. The molecule has 160 valence electrons. The van der Waals surface area contributed by atoms with E-state index >= 15 is 0 Å². The summed E-state index contributed by atoms with van der Waals surface area (Å²) in [5.41, 5.74) is 5.40. The summed E-state index contributed by atoms with van der Waals surface area (Å²) in [5.74, 6) is 0.459. The summed E-state index contributed by atoms with van der Waals surface area (Å²) in [7, 11) is 0. The van der Waals surface area contributed by atoms with E-state index in [0.717, 1.165) is 42.7 Å². The standard InChI is InChI=1S/C24H33N5O/c1-16(2)29-18(4)21(17(3)27-29)15-28-11-7-8-19(14-28)13-25-24(30)23-12-20-9-5-6-10-22(20)26-23/h5-6,9-10,12,16,19,26H,7-8,11,13-15H2,1-4H3,(H,25,30). The van der Waals surface area contributed by atoms with Crippen LogP contribution < -0.4 is 5.32 Å². The first-order chi connectivity index (χ1) is 14.4. The van der Waals surface area contributed by atoms with Gasteiger partial charge in [0.1, 0.15) is 5.69 Å². The van der Waals surface area contributed by atoms with E-state index in [-0.39, 0.29) is 5.91 Å². The second-order valence-corrected chi connectivity index (χ2v) is 8.91. The molecule has 0 aliphatic carbocycles. The van der Waals surface area contributed by atoms with E-state index in [1.807, 2.05) is 30.3 Å². The maximum absolute atomic E-state index is 12.6. The Morgan fingerprint density at radius 3 is 2.83 bits per heavy atom. The Hall–Kier alpha value is -2.60. The summed E-state index contributed by atoms with van der Waals surface area (Å²) in [5, 5.41) is 8.95. The lowest BCUT2D eigenvalue weighted by atomic mass is 9.97. The van der Waals surface area contributed by atoms with Gasteiger partial charge in [0, 0.05) is 47.8 Å². The Kier molecular flexibility index (Phi) is 5.95. The van der Waals surface area contributed by atoms with Gasteiger partial charge in [0.15, 0.2) is 0 Å². The molecule has 3 aromatic rings. The van der Waals surface area contributed by atoms with Crippen molar-refractivity contribution in [2.45, 2.75) is 53.1 Å². The number of H-pyrrole nitrogens is 1. The molecule has 4 rings (SSSR count). The molecule has 1 saturated heterocycles. The average Bonchev–Trinajstić information content (AvgIpc) is 3.29. The van der Waals surface area contributed by atoms with Gasteiger partial charge in [-0.25, -0.2) is 0 Å². The number of aromatic nitrogens is 3. The normalized spacial score (nSPS) is 17.7. The molecule has 1 aromatic carbocycles. The van der Waals surface area contributed by atoms with Gasteiger partial charge in [0.05, 0.1) is 5.69 Å². The van der Waals surface area contributed by atoms with Crippen molar-refractivity contribution in [3.63, 3.8) is 0 Å². The van der Waals surface area contributed by atoms with Crippen LogP contribution in [0.5, 0.6) is 0 Å². The third kappa shape index (κ3) is 4.29. The number of carbonyl (C=O) groups is 1. The summed E-state index contributed by atoms with van der Waals surface area (Å²) >= 11 is 0. The molecule has 0 spiro atoms. The number of hydrogen-bond donors (Lipinski definition) is 2. The monoisotopic (exact) mass is 407 g/mol. The predicted octanol–water partition coefficient (Wildman–Crippen LogP) is 4.20. The lowest BCUT2D eigenvalue weighted by Crippen LogP contribution is -2.40. The molecule has 1 atom stereocenters. The first kappa shape index (κ1) is 20.7. The van der Waals surface area contributed by atoms with Gasteiger partial charge in [0.25, 0.3) is 5.91 Å².